The molecule has 1 aliphatic heterocycles. The molecule has 1 aliphatic rings. The topological polar surface area (TPSA) is 71.5 Å². The summed E-state index contributed by atoms with van der Waals surface area (Å²) >= 11 is 0. The molecule has 0 fully saturated rings. The van der Waals surface area contributed by atoms with E-state index in [2.05, 4.69) is 10.3 Å². The molecule has 1 aromatic carbocycles. The number of carbonyl (C=O) groups is 1. The van der Waals surface area contributed by atoms with Crippen LogP contribution in [0, 0.1) is 0 Å². The molecule has 0 unspecified atom stereocenters. The molecule has 0 spiro atoms. The van der Waals surface area contributed by atoms with Gasteiger partial charge in [0.2, 0.25) is 5.91 Å². The zero-order valence-corrected chi connectivity index (χ0v) is 10.3. The van der Waals surface area contributed by atoms with E-state index in [1.165, 1.54) is 6.92 Å². The van der Waals surface area contributed by atoms with E-state index in [9.17, 15) is 9.90 Å². The third-order valence-corrected chi connectivity index (χ3v) is 2.93. The minimum atomic E-state index is -0.162. The lowest BCUT2D eigenvalue weighted by atomic mass is 9.98. The van der Waals surface area contributed by atoms with Gasteiger partial charge in [0, 0.05) is 30.3 Å². The average molecular weight is 256 g/mol. The molecule has 3 rings (SSSR count). The molecule has 0 atom stereocenters. The number of ether oxygens (including phenoxy) is 1. The van der Waals surface area contributed by atoms with Gasteiger partial charge < -0.3 is 15.2 Å². The van der Waals surface area contributed by atoms with Gasteiger partial charge in [-0.05, 0) is 23.8 Å². The molecular formula is C14H12N2O3. The molecule has 96 valence electrons. The van der Waals surface area contributed by atoms with Crippen molar-refractivity contribution in [3.8, 4) is 22.6 Å². The van der Waals surface area contributed by atoms with E-state index in [0.717, 1.165) is 16.7 Å². The van der Waals surface area contributed by atoms with Gasteiger partial charge in [0.05, 0.1) is 0 Å². The van der Waals surface area contributed by atoms with E-state index in [4.69, 9.17) is 4.74 Å². The molecule has 0 bridgehead atoms. The molecule has 2 N–H and O–H groups in total. The third-order valence-electron chi connectivity index (χ3n) is 2.93. The summed E-state index contributed by atoms with van der Waals surface area (Å²) in [7, 11) is 0. The number of nitrogens with one attached hydrogen (secondary N) is 1. The average Bonchev–Trinajstić information content (AvgIpc) is 2.37. The summed E-state index contributed by atoms with van der Waals surface area (Å²) < 4.78 is 5.56. The van der Waals surface area contributed by atoms with Gasteiger partial charge in [0.25, 0.3) is 0 Å². The fraction of sp³-hybridized carbons (Fsp3) is 0.143. The Labute approximate surface area is 109 Å². The van der Waals surface area contributed by atoms with E-state index < -0.39 is 0 Å². The molecular weight excluding hydrogens is 244 g/mol. The fourth-order valence-corrected chi connectivity index (χ4v) is 2.11. The second kappa shape index (κ2) is 4.28. The number of rotatable bonds is 1. The molecule has 5 nitrogen and oxygen atoms in total. The number of hydrogen-bond acceptors (Lipinski definition) is 4. The van der Waals surface area contributed by atoms with Crippen LogP contribution < -0.4 is 10.1 Å². The Morgan fingerprint density at radius 2 is 2.21 bits per heavy atom. The number of aromatic hydroxyl groups is 1. The van der Waals surface area contributed by atoms with E-state index in [1.54, 1.807) is 24.4 Å². The lowest BCUT2D eigenvalue weighted by molar-refractivity contribution is -0.114. The number of nitrogens with zero attached hydrogens (tertiary/aromatic N) is 1. The van der Waals surface area contributed by atoms with Crippen molar-refractivity contribution in [2.75, 3.05) is 5.32 Å². The van der Waals surface area contributed by atoms with Crippen LogP contribution in [0.25, 0.3) is 11.1 Å². The van der Waals surface area contributed by atoms with Gasteiger partial charge >= 0.3 is 0 Å². The Morgan fingerprint density at radius 3 is 3.00 bits per heavy atom. The number of fused-ring (bicyclic) bond motifs is 3. The van der Waals surface area contributed by atoms with Crippen molar-refractivity contribution >= 4 is 11.7 Å². The molecule has 1 aromatic heterocycles. The standard InChI is InChI=1S/C14H12N2O3/c1-8(17)16-14-5-12-9(6-15-14)7-19-13-4-10(18)2-3-11(12)13/h2-6,18H,7H2,1H3,(H,15,16,17). The smallest absolute Gasteiger partial charge is 0.222 e. The second-order valence-corrected chi connectivity index (χ2v) is 4.38. The Bertz CT molecular complexity index is 668. The summed E-state index contributed by atoms with van der Waals surface area (Å²) in [5.41, 5.74) is 2.79. The Balaban J connectivity index is 2.10. The van der Waals surface area contributed by atoms with Gasteiger partial charge in [-0.1, -0.05) is 0 Å². The van der Waals surface area contributed by atoms with Crippen molar-refractivity contribution in [1.29, 1.82) is 0 Å². The van der Waals surface area contributed by atoms with Crippen LogP contribution in [0.1, 0.15) is 12.5 Å². The quantitative estimate of drug-likeness (QED) is 0.821. The SMILES string of the molecule is CC(=O)Nc1cc2c(cn1)COc1cc(O)ccc1-2. The van der Waals surface area contributed by atoms with Gasteiger partial charge in [0.15, 0.2) is 0 Å². The van der Waals surface area contributed by atoms with E-state index in [0.29, 0.717) is 18.2 Å². The molecule has 2 aromatic rings. The van der Waals surface area contributed by atoms with Crippen LogP contribution in [0.15, 0.2) is 30.5 Å². The lowest BCUT2D eigenvalue weighted by Crippen LogP contribution is -2.10. The monoisotopic (exact) mass is 256 g/mol. The maximum Gasteiger partial charge on any atom is 0.222 e. The first kappa shape index (κ1) is 11.5. The Kier molecular flexibility index (Phi) is 2.59. The minimum absolute atomic E-state index is 0.162. The Hall–Kier alpha value is -2.56. The zero-order chi connectivity index (χ0) is 13.4. The molecule has 0 radical (unpaired) electrons. The molecule has 0 aliphatic carbocycles. The normalized spacial score (nSPS) is 12.1. The van der Waals surface area contributed by atoms with Crippen LogP contribution >= 0.6 is 0 Å². The Morgan fingerprint density at radius 1 is 1.37 bits per heavy atom. The number of amides is 1. The number of aromatic nitrogens is 1. The number of pyridine rings is 1. The predicted molar refractivity (Wildman–Crippen MR) is 70.0 cm³/mol. The van der Waals surface area contributed by atoms with Gasteiger partial charge in [-0.3, -0.25) is 4.79 Å². The summed E-state index contributed by atoms with van der Waals surface area (Å²) in [5.74, 6) is 1.14. The van der Waals surface area contributed by atoms with Crippen LogP contribution in [0.2, 0.25) is 0 Å². The fourth-order valence-electron chi connectivity index (χ4n) is 2.11. The molecule has 5 heteroatoms. The van der Waals surface area contributed by atoms with Gasteiger partial charge in [-0.2, -0.15) is 0 Å². The second-order valence-electron chi connectivity index (χ2n) is 4.38. The lowest BCUT2D eigenvalue weighted by Gasteiger charge is -2.21. The molecule has 19 heavy (non-hydrogen) atoms. The highest BCUT2D eigenvalue weighted by Gasteiger charge is 2.18. The van der Waals surface area contributed by atoms with Crippen molar-refractivity contribution in [3.63, 3.8) is 0 Å². The van der Waals surface area contributed by atoms with Crippen LogP contribution in [0.3, 0.4) is 0 Å². The van der Waals surface area contributed by atoms with E-state index in [-0.39, 0.29) is 11.7 Å². The highest BCUT2D eigenvalue weighted by molar-refractivity contribution is 5.89. The summed E-state index contributed by atoms with van der Waals surface area (Å²) in [6.45, 7) is 1.84. The molecule has 0 saturated carbocycles. The number of phenols is 1. The van der Waals surface area contributed by atoms with Gasteiger partial charge in [-0.15, -0.1) is 0 Å². The van der Waals surface area contributed by atoms with Crippen LogP contribution in [0.4, 0.5) is 5.82 Å². The summed E-state index contributed by atoms with van der Waals surface area (Å²) in [5, 5.41) is 12.1. The molecule has 1 amide bonds. The largest absolute Gasteiger partial charge is 0.508 e. The minimum Gasteiger partial charge on any atom is -0.508 e. The van der Waals surface area contributed by atoms with Crippen molar-refractivity contribution in [1.82, 2.24) is 4.98 Å². The summed E-state index contributed by atoms with van der Waals surface area (Å²) in [6, 6.07) is 6.79. The van der Waals surface area contributed by atoms with Crippen LogP contribution in [-0.4, -0.2) is 16.0 Å². The number of anilines is 1. The van der Waals surface area contributed by atoms with Crippen molar-refractivity contribution in [2.45, 2.75) is 13.5 Å². The highest BCUT2D eigenvalue weighted by Crippen LogP contribution is 2.39. The van der Waals surface area contributed by atoms with E-state index >= 15 is 0 Å². The summed E-state index contributed by atoms with van der Waals surface area (Å²) in [6.07, 6.45) is 1.69. The van der Waals surface area contributed by atoms with Gasteiger partial charge in [-0.25, -0.2) is 4.98 Å². The predicted octanol–water partition coefficient (Wildman–Crippen LogP) is 2.30. The van der Waals surface area contributed by atoms with Crippen molar-refractivity contribution in [2.24, 2.45) is 0 Å². The highest BCUT2D eigenvalue weighted by atomic mass is 16.5. The zero-order valence-electron chi connectivity index (χ0n) is 10.3. The number of hydrogen-bond donors (Lipinski definition) is 2. The first-order valence-corrected chi connectivity index (χ1v) is 5.86. The van der Waals surface area contributed by atoms with Crippen LogP contribution in [-0.2, 0) is 11.4 Å². The maximum absolute atomic E-state index is 11.1. The maximum atomic E-state index is 11.1. The third kappa shape index (κ3) is 2.10. The van der Waals surface area contributed by atoms with E-state index in [1.807, 2.05) is 6.07 Å². The van der Waals surface area contributed by atoms with Crippen molar-refractivity contribution < 1.29 is 14.6 Å². The molecule has 2 heterocycles. The van der Waals surface area contributed by atoms with Crippen molar-refractivity contribution in [3.05, 3.63) is 36.0 Å². The molecule has 0 saturated heterocycles. The van der Waals surface area contributed by atoms with Gasteiger partial charge in [0.1, 0.15) is 23.9 Å². The number of phenolic OH excluding ortho intramolecular Hbond substituents is 1. The number of carbonyl (C=O) groups excluding carboxylic acids is 1. The number of benzene rings is 1. The first-order chi connectivity index (χ1) is 9.13. The first-order valence-electron chi connectivity index (χ1n) is 5.86. The van der Waals surface area contributed by atoms with Crippen LogP contribution in [0.5, 0.6) is 11.5 Å². The summed E-state index contributed by atoms with van der Waals surface area (Å²) in [4.78, 5) is 15.2.